The first kappa shape index (κ1) is 21.9. The minimum Gasteiger partial charge on any atom is -0.344 e. The molecule has 1 heteroatoms. The summed E-state index contributed by atoms with van der Waals surface area (Å²) in [6.45, 7) is 9.48. The monoisotopic (exact) mass is 489 g/mol. The fourth-order valence-electron chi connectivity index (χ4n) is 7.63. The molecule has 0 saturated carbocycles. The minimum atomic E-state index is -0.0299. The summed E-state index contributed by atoms with van der Waals surface area (Å²) in [6.07, 6.45) is 0. The second-order valence-corrected chi connectivity index (χ2v) is 12.2. The van der Waals surface area contributed by atoms with E-state index in [2.05, 4.69) is 137 Å². The van der Waals surface area contributed by atoms with Gasteiger partial charge in [-0.15, -0.1) is 0 Å². The summed E-state index contributed by atoms with van der Waals surface area (Å²) < 4.78 is 0. The third-order valence-electron chi connectivity index (χ3n) is 9.64. The molecule has 0 spiro atoms. The number of hydrogen-bond acceptors (Lipinski definition) is 1. The van der Waals surface area contributed by atoms with Gasteiger partial charge in [-0.1, -0.05) is 107 Å². The Bertz CT molecular complexity index is 1830. The van der Waals surface area contributed by atoms with Crippen molar-refractivity contribution in [2.24, 2.45) is 0 Å². The van der Waals surface area contributed by atoms with Crippen molar-refractivity contribution in [1.82, 2.24) is 0 Å². The van der Waals surface area contributed by atoms with Crippen LogP contribution >= 0.6 is 0 Å². The lowest BCUT2D eigenvalue weighted by Gasteiger charge is -2.27. The van der Waals surface area contributed by atoms with Gasteiger partial charge < -0.3 is 4.90 Å². The Morgan fingerprint density at radius 3 is 1.74 bits per heavy atom. The predicted molar refractivity (Wildman–Crippen MR) is 161 cm³/mol. The fraction of sp³-hybridized carbons (Fsp3) is 0.189. The van der Waals surface area contributed by atoms with Crippen LogP contribution in [0.1, 0.15) is 49.9 Å². The van der Waals surface area contributed by atoms with Gasteiger partial charge in [-0.3, -0.25) is 0 Å². The Labute approximate surface area is 225 Å². The van der Waals surface area contributed by atoms with Crippen LogP contribution in [0.4, 0.5) is 11.4 Å². The Kier molecular flexibility index (Phi) is 4.07. The van der Waals surface area contributed by atoms with Gasteiger partial charge >= 0.3 is 0 Å². The van der Waals surface area contributed by atoms with Crippen molar-refractivity contribution in [3.05, 3.63) is 119 Å². The lowest BCUT2D eigenvalue weighted by Crippen LogP contribution is -2.16. The molecule has 8 rings (SSSR count). The molecule has 38 heavy (non-hydrogen) atoms. The highest BCUT2D eigenvalue weighted by Crippen LogP contribution is 2.59. The molecule has 0 unspecified atom stereocenters. The Hall–Kier alpha value is -4.10. The maximum atomic E-state index is 2.49. The molecule has 0 amide bonds. The van der Waals surface area contributed by atoms with Crippen LogP contribution in [0.25, 0.3) is 44.5 Å². The first-order valence-corrected chi connectivity index (χ1v) is 13.7. The molecule has 5 aromatic carbocycles. The molecule has 0 saturated heterocycles. The van der Waals surface area contributed by atoms with E-state index in [0.29, 0.717) is 0 Å². The molecule has 0 aromatic heterocycles. The summed E-state index contributed by atoms with van der Waals surface area (Å²) in [6, 6.07) is 36.7. The number of benzene rings is 5. The van der Waals surface area contributed by atoms with Gasteiger partial charge in [-0.05, 0) is 73.8 Å². The van der Waals surface area contributed by atoms with Gasteiger partial charge in [0, 0.05) is 40.4 Å². The number of rotatable bonds is 0. The molecule has 3 aliphatic rings. The topological polar surface area (TPSA) is 3.24 Å². The second-order valence-electron chi connectivity index (χ2n) is 12.2. The van der Waals surface area contributed by atoms with E-state index in [4.69, 9.17) is 0 Å². The first-order chi connectivity index (χ1) is 18.3. The van der Waals surface area contributed by atoms with E-state index in [1.165, 1.54) is 78.1 Å². The molecule has 0 fully saturated rings. The normalized spacial score (nSPS) is 16.4. The highest BCUT2D eigenvalue weighted by Gasteiger charge is 2.40. The van der Waals surface area contributed by atoms with E-state index in [0.717, 1.165) is 0 Å². The number of fused-ring (bicyclic) bond motifs is 12. The quantitative estimate of drug-likeness (QED) is 0.209. The third kappa shape index (κ3) is 2.52. The van der Waals surface area contributed by atoms with Crippen molar-refractivity contribution < 1.29 is 0 Å². The summed E-state index contributed by atoms with van der Waals surface area (Å²) in [5, 5.41) is 0. The summed E-state index contributed by atoms with van der Waals surface area (Å²) in [7, 11) is 2.25. The molecular formula is C37H31N. The molecular weight excluding hydrogens is 458 g/mol. The lowest BCUT2D eigenvalue weighted by molar-refractivity contribution is 0.660. The van der Waals surface area contributed by atoms with Gasteiger partial charge in [0.2, 0.25) is 0 Å². The van der Waals surface area contributed by atoms with Crippen molar-refractivity contribution in [3.63, 3.8) is 0 Å². The van der Waals surface area contributed by atoms with Crippen LogP contribution < -0.4 is 4.90 Å². The lowest BCUT2D eigenvalue weighted by atomic mass is 9.80. The van der Waals surface area contributed by atoms with Gasteiger partial charge in [-0.25, -0.2) is 0 Å². The van der Waals surface area contributed by atoms with Crippen molar-refractivity contribution >= 4 is 11.4 Å². The van der Waals surface area contributed by atoms with Crippen LogP contribution in [0.2, 0.25) is 0 Å². The van der Waals surface area contributed by atoms with Crippen molar-refractivity contribution in [1.29, 1.82) is 0 Å². The van der Waals surface area contributed by atoms with Crippen LogP contribution in [-0.2, 0) is 10.8 Å². The molecule has 0 N–H and O–H groups in total. The highest BCUT2D eigenvalue weighted by atomic mass is 15.1. The van der Waals surface area contributed by atoms with E-state index < -0.39 is 0 Å². The summed E-state index contributed by atoms with van der Waals surface area (Å²) in [4.78, 5) is 2.44. The van der Waals surface area contributed by atoms with Crippen molar-refractivity contribution in [3.8, 4) is 44.5 Å². The molecule has 1 nitrogen and oxygen atoms in total. The molecule has 184 valence electrons. The average molecular weight is 490 g/mol. The zero-order valence-electron chi connectivity index (χ0n) is 22.7. The second kappa shape index (κ2) is 7.05. The van der Waals surface area contributed by atoms with Crippen molar-refractivity contribution in [2.45, 2.75) is 38.5 Å². The van der Waals surface area contributed by atoms with Crippen LogP contribution in [-0.4, -0.2) is 7.05 Å². The molecule has 0 atom stereocenters. The van der Waals surface area contributed by atoms with Crippen LogP contribution in [0, 0.1) is 0 Å². The van der Waals surface area contributed by atoms with Crippen LogP contribution in [0.5, 0.6) is 0 Å². The third-order valence-corrected chi connectivity index (χ3v) is 9.64. The predicted octanol–water partition coefficient (Wildman–Crippen LogP) is 9.71. The minimum absolute atomic E-state index is 0.0253. The van der Waals surface area contributed by atoms with Crippen molar-refractivity contribution in [2.75, 3.05) is 11.9 Å². The Morgan fingerprint density at radius 2 is 1.00 bits per heavy atom. The molecule has 0 radical (unpaired) electrons. The Morgan fingerprint density at radius 1 is 0.421 bits per heavy atom. The van der Waals surface area contributed by atoms with E-state index in [1.54, 1.807) is 0 Å². The first-order valence-electron chi connectivity index (χ1n) is 13.7. The zero-order valence-corrected chi connectivity index (χ0v) is 22.7. The SMILES string of the molecule is CN1c2cc3c(cc2-c2ccccc2-c2c1ccc1c2-c2ccccc2C1(C)C)C(C)(C)c1ccccc1-3. The van der Waals surface area contributed by atoms with E-state index >= 15 is 0 Å². The number of hydrogen-bond donors (Lipinski definition) is 0. The van der Waals surface area contributed by atoms with Gasteiger partial charge in [0.05, 0.1) is 0 Å². The molecule has 2 aliphatic carbocycles. The molecule has 1 aliphatic heterocycles. The number of anilines is 2. The summed E-state index contributed by atoms with van der Waals surface area (Å²) in [5.41, 5.74) is 19.0. The smallest absolute Gasteiger partial charge is 0.0494 e. The van der Waals surface area contributed by atoms with E-state index in [9.17, 15) is 0 Å². The maximum Gasteiger partial charge on any atom is 0.0494 e. The van der Waals surface area contributed by atoms with Gasteiger partial charge in [-0.2, -0.15) is 0 Å². The van der Waals surface area contributed by atoms with Gasteiger partial charge in [0.15, 0.2) is 0 Å². The Balaban J connectivity index is 1.49. The van der Waals surface area contributed by atoms with E-state index in [1.807, 2.05) is 0 Å². The zero-order chi connectivity index (χ0) is 26.0. The van der Waals surface area contributed by atoms with E-state index in [-0.39, 0.29) is 10.8 Å². The average Bonchev–Trinajstić information content (AvgIpc) is 3.26. The summed E-state index contributed by atoms with van der Waals surface area (Å²) in [5.74, 6) is 0. The van der Waals surface area contributed by atoms with Gasteiger partial charge in [0.1, 0.15) is 0 Å². The van der Waals surface area contributed by atoms with Crippen LogP contribution in [0.3, 0.4) is 0 Å². The summed E-state index contributed by atoms with van der Waals surface area (Å²) >= 11 is 0. The van der Waals surface area contributed by atoms with Gasteiger partial charge in [0.25, 0.3) is 0 Å². The molecule has 1 heterocycles. The highest BCUT2D eigenvalue weighted by molar-refractivity contribution is 6.08. The fourth-order valence-corrected chi connectivity index (χ4v) is 7.63. The molecule has 0 bridgehead atoms. The standard InChI is InChI=1S/C37H31N/c1-36(2)29-17-11-9-15-25(29)34-30(36)18-19-32-35(34)24-14-7-6-12-22(24)27-20-31-26(21-33(27)38(32)5)23-13-8-10-16-28(23)37(31,3)4/h6-21H,1-5H3. The largest absolute Gasteiger partial charge is 0.344 e. The number of nitrogens with zero attached hydrogens (tertiary/aromatic N) is 1. The molecule has 5 aromatic rings. The van der Waals surface area contributed by atoms with Crippen LogP contribution in [0.15, 0.2) is 97.1 Å². The maximum absolute atomic E-state index is 2.49.